The maximum absolute atomic E-state index is 11.3. The highest BCUT2D eigenvalue weighted by molar-refractivity contribution is 5.93. The average Bonchev–Trinajstić information content (AvgIpc) is 2.67. The van der Waals surface area contributed by atoms with Gasteiger partial charge in [0.25, 0.3) is 0 Å². The van der Waals surface area contributed by atoms with Gasteiger partial charge in [0.15, 0.2) is 0 Å². The van der Waals surface area contributed by atoms with Crippen LogP contribution in [0.5, 0.6) is 5.75 Å². The number of rotatable bonds is 5. The van der Waals surface area contributed by atoms with Gasteiger partial charge in [0.05, 0.1) is 7.11 Å². The Hall–Kier alpha value is -3.41. The van der Waals surface area contributed by atoms with E-state index in [0.29, 0.717) is 11.6 Å². The van der Waals surface area contributed by atoms with Crippen LogP contribution in [0.25, 0.3) is 22.3 Å². The number of nitrogens with two attached hydrogens (primary N) is 1. The van der Waals surface area contributed by atoms with Crippen LogP contribution in [0.3, 0.4) is 0 Å². The van der Waals surface area contributed by atoms with Crippen molar-refractivity contribution in [2.75, 3.05) is 12.8 Å². The summed E-state index contributed by atoms with van der Waals surface area (Å²) in [6.45, 7) is 2.04. The van der Waals surface area contributed by atoms with Crippen molar-refractivity contribution in [1.29, 1.82) is 0 Å². The number of benzene rings is 1. The summed E-state index contributed by atoms with van der Waals surface area (Å²) in [6, 6.07) is 10.6. The van der Waals surface area contributed by atoms with E-state index in [1.54, 1.807) is 36.7 Å². The number of hydrogen-bond acceptors (Lipinski definition) is 5. The normalized spacial score (nSPS) is 10.5. The molecule has 0 fully saturated rings. The fourth-order valence-electron chi connectivity index (χ4n) is 2.92. The van der Waals surface area contributed by atoms with E-state index < -0.39 is 5.97 Å². The molecule has 0 radical (unpaired) electrons. The minimum absolute atomic E-state index is 0.122. The number of hydrogen-bond donors (Lipinski definition) is 2. The zero-order chi connectivity index (χ0) is 18.7. The molecule has 0 bridgehead atoms. The molecule has 0 aliphatic rings. The topological polar surface area (TPSA) is 98.3 Å². The van der Waals surface area contributed by atoms with Crippen molar-refractivity contribution in [3.63, 3.8) is 0 Å². The Bertz CT molecular complexity index is 953. The molecule has 2 aromatic heterocycles. The van der Waals surface area contributed by atoms with Crippen molar-refractivity contribution >= 4 is 11.8 Å². The first-order valence-corrected chi connectivity index (χ1v) is 8.16. The van der Waals surface area contributed by atoms with Gasteiger partial charge in [-0.3, -0.25) is 4.98 Å². The Balaban J connectivity index is 2.23. The SMILES string of the molecule is CCc1nccc(-c2ccc(C(=O)O)c(OC)c2)c1-c1ccc(N)nc1. The van der Waals surface area contributed by atoms with Gasteiger partial charge in [-0.15, -0.1) is 0 Å². The standard InChI is InChI=1S/C20H19N3O3/c1-3-16-19(13-5-7-18(21)23-11-13)14(8-9-22-16)12-4-6-15(20(24)25)17(10-12)26-2/h4-11H,3H2,1-2H3,(H2,21,23)(H,24,25). The molecule has 3 rings (SSSR count). The highest BCUT2D eigenvalue weighted by atomic mass is 16.5. The molecule has 3 N–H and O–H groups in total. The molecule has 0 saturated heterocycles. The summed E-state index contributed by atoms with van der Waals surface area (Å²) < 4.78 is 5.26. The third kappa shape index (κ3) is 3.21. The summed E-state index contributed by atoms with van der Waals surface area (Å²) >= 11 is 0. The van der Waals surface area contributed by atoms with Gasteiger partial charge in [-0.1, -0.05) is 13.0 Å². The van der Waals surface area contributed by atoms with E-state index in [4.69, 9.17) is 10.5 Å². The highest BCUT2D eigenvalue weighted by Crippen LogP contribution is 2.36. The van der Waals surface area contributed by atoms with Gasteiger partial charge in [-0.05, 0) is 47.9 Å². The molecule has 6 nitrogen and oxygen atoms in total. The third-order valence-electron chi connectivity index (χ3n) is 4.18. The Labute approximate surface area is 151 Å². The molecule has 0 spiro atoms. The van der Waals surface area contributed by atoms with Gasteiger partial charge in [-0.2, -0.15) is 0 Å². The molecule has 26 heavy (non-hydrogen) atoms. The van der Waals surface area contributed by atoms with E-state index in [9.17, 15) is 9.90 Å². The number of pyridine rings is 2. The summed E-state index contributed by atoms with van der Waals surface area (Å²) in [7, 11) is 1.46. The Morgan fingerprint density at radius 1 is 1.15 bits per heavy atom. The lowest BCUT2D eigenvalue weighted by Gasteiger charge is -2.15. The van der Waals surface area contributed by atoms with Crippen LogP contribution in [-0.2, 0) is 6.42 Å². The van der Waals surface area contributed by atoms with Crippen molar-refractivity contribution in [2.45, 2.75) is 13.3 Å². The number of nitrogen functional groups attached to an aromatic ring is 1. The first kappa shape index (κ1) is 17.4. The fraction of sp³-hybridized carbons (Fsp3) is 0.150. The van der Waals surface area contributed by atoms with E-state index in [-0.39, 0.29) is 5.56 Å². The minimum atomic E-state index is -1.03. The summed E-state index contributed by atoms with van der Waals surface area (Å²) in [5.74, 6) is -0.267. The van der Waals surface area contributed by atoms with Gasteiger partial charge in [-0.25, -0.2) is 9.78 Å². The van der Waals surface area contributed by atoms with E-state index in [2.05, 4.69) is 9.97 Å². The monoisotopic (exact) mass is 349 g/mol. The van der Waals surface area contributed by atoms with Crippen molar-refractivity contribution in [3.8, 4) is 28.0 Å². The molecule has 132 valence electrons. The third-order valence-corrected chi connectivity index (χ3v) is 4.18. The quantitative estimate of drug-likeness (QED) is 0.729. The van der Waals surface area contributed by atoms with Crippen molar-refractivity contribution < 1.29 is 14.6 Å². The van der Waals surface area contributed by atoms with Crippen molar-refractivity contribution in [2.24, 2.45) is 0 Å². The van der Waals surface area contributed by atoms with E-state index in [1.807, 2.05) is 19.1 Å². The minimum Gasteiger partial charge on any atom is -0.496 e. The van der Waals surface area contributed by atoms with Crippen molar-refractivity contribution in [1.82, 2.24) is 9.97 Å². The molecule has 6 heteroatoms. The second-order valence-electron chi connectivity index (χ2n) is 5.73. The molecular formula is C20H19N3O3. The number of anilines is 1. The first-order valence-electron chi connectivity index (χ1n) is 8.16. The summed E-state index contributed by atoms with van der Waals surface area (Å²) in [4.78, 5) is 20.0. The van der Waals surface area contributed by atoms with Crippen molar-refractivity contribution in [3.05, 3.63) is 60.0 Å². The van der Waals surface area contributed by atoms with Gasteiger partial charge in [0.2, 0.25) is 0 Å². The number of aryl methyl sites for hydroxylation is 1. The van der Waals surface area contributed by atoms with E-state index >= 15 is 0 Å². The molecular weight excluding hydrogens is 330 g/mol. The van der Waals surface area contributed by atoms with Crippen LogP contribution in [0.15, 0.2) is 48.8 Å². The number of carboxylic acid groups (broad SMARTS) is 1. The molecule has 0 amide bonds. The number of methoxy groups -OCH3 is 1. The van der Waals surface area contributed by atoms with Crippen LogP contribution in [0.2, 0.25) is 0 Å². The summed E-state index contributed by atoms with van der Waals surface area (Å²) in [5, 5.41) is 9.29. The Kier molecular flexibility index (Phi) is 4.84. The molecule has 0 saturated carbocycles. The van der Waals surface area contributed by atoms with E-state index in [1.165, 1.54) is 7.11 Å². The smallest absolute Gasteiger partial charge is 0.339 e. The molecule has 0 unspecified atom stereocenters. The van der Waals surface area contributed by atoms with E-state index in [0.717, 1.165) is 34.4 Å². The number of aromatic nitrogens is 2. The van der Waals surface area contributed by atoms with Crippen LogP contribution in [0, 0.1) is 0 Å². The lowest BCUT2D eigenvalue weighted by atomic mass is 9.93. The van der Waals surface area contributed by atoms with Gasteiger partial charge >= 0.3 is 5.97 Å². The number of nitrogens with zero attached hydrogens (tertiary/aromatic N) is 2. The molecule has 1 aromatic carbocycles. The van der Waals surface area contributed by atoms with Crippen LogP contribution < -0.4 is 10.5 Å². The zero-order valence-corrected chi connectivity index (χ0v) is 14.6. The number of carbonyl (C=O) groups is 1. The maximum atomic E-state index is 11.3. The molecule has 0 aliphatic heterocycles. The summed E-state index contributed by atoms with van der Waals surface area (Å²) in [5.41, 5.74) is 10.4. The predicted octanol–water partition coefficient (Wildman–Crippen LogP) is 3.66. The second-order valence-corrected chi connectivity index (χ2v) is 5.73. The maximum Gasteiger partial charge on any atom is 0.339 e. The molecule has 0 aliphatic carbocycles. The zero-order valence-electron chi connectivity index (χ0n) is 14.6. The first-order chi connectivity index (χ1) is 12.5. The number of ether oxygens (including phenoxy) is 1. The highest BCUT2D eigenvalue weighted by Gasteiger charge is 2.16. The second kappa shape index (κ2) is 7.23. The Morgan fingerprint density at radius 2 is 1.92 bits per heavy atom. The van der Waals surface area contributed by atoms with Crippen LogP contribution >= 0.6 is 0 Å². The lowest BCUT2D eigenvalue weighted by Crippen LogP contribution is -2.01. The van der Waals surface area contributed by atoms with Crippen LogP contribution in [0.1, 0.15) is 23.0 Å². The molecule has 2 heterocycles. The molecule has 0 atom stereocenters. The van der Waals surface area contributed by atoms with Gasteiger partial charge in [0, 0.05) is 29.2 Å². The number of aromatic carboxylic acids is 1. The van der Waals surface area contributed by atoms with Crippen LogP contribution in [0.4, 0.5) is 5.82 Å². The fourth-order valence-corrected chi connectivity index (χ4v) is 2.92. The predicted molar refractivity (Wildman–Crippen MR) is 100 cm³/mol. The summed E-state index contributed by atoms with van der Waals surface area (Å²) in [6.07, 6.45) is 4.22. The van der Waals surface area contributed by atoms with Gasteiger partial charge < -0.3 is 15.6 Å². The largest absolute Gasteiger partial charge is 0.496 e. The Morgan fingerprint density at radius 3 is 2.54 bits per heavy atom. The van der Waals surface area contributed by atoms with Gasteiger partial charge in [0.1, 0.15) is 17.1 Å². The number of carboxylic acids is 1. The average molecular weight is 349 g/mol. The lowest BCUT2D eigenvalue weighted by molar-refractivity contribution is 0.0693. The molecule has 3 aromatic rings. The van der Waals surface area contributed by atoms with Crippen LogP contribution in [-0.4, -0.2) is 28.2 Å².